The molecule has 2 rings (SSSR count). The van der Waals surface area contributed by atoms with Crippen molar-refractivity contribution in [2.75, 3.05) is 33.2 Å². The topological polar surface area (TPSA) is 35.6 Å². The molecule has 0 unspecified atom stereocenters. The largest absolute Gasteiger partial charge is 0.340 e. The van der Waals surface area contributed by atoms with Crippen LogP contribution in [0.25, 0.3) is 0 Å². The standard InChI is InChI=1S/C14H27N3O/c1-3-8-16-9-5-7-13(16)14(18)17-10-4-6-12(11-17)15-2/h12-13,15H,3-11H2,1-2H3/t12-,13+/m1/s1. The maximum absolute atomic E-state index is 12.6. The van der Waals surface area contributed by atoms with Crippen molar-refractivity contribution < 1.29 is 4.79 Å². The fraction of sp³-hybridized carbons (Fsp3) is 0.929. The van der Waals surface area contributed by atoms with E-state index >= 15 is 0 Å². The van der Waals surface area contributed by atoms with Crippen molar-refractivity contribution in [3.05, 3.63) is 0 Å². The molecule has 0 radical (unpaired) electrons. The SMILES string of the molecule is CCCN1CCC[C@H]1C(=O)N1CCC[C@@H](NC)C1. The molecule has 0 aromatic carbocycles. The van der Waals surface area contributed by atoms with Crippen LogP contribution in [0.2, 0.25) is 0 Å². The smallest absolute Gasteiger partial charge is 0.239 e. The average molecular weight is 253 g/mol. The van der Waals surface area contributed by atoms with E-state index in [2.05, 4.69) is 22.0 Å². The number of amides is 1. The van der Waals surface area contributed by atoms with E-state index in [1.807, 2.05) is 7.05 Å². The molecule has 0 aromatic rings. The van der Waals surface area contributed by atoms with Crippen molar-refractivity contribution in [1.82, 2.24) is 15.1 Å². The summed E-state index contributed by atoms with van der Waals surface area (Å²) in [5.74, 6) is 0.376. The quantitative estimate of drug-likeness (QED) is 0.814. The van der Waals surface area contributed by atoms with E-state index < -0.39 is 0 Å². The van der Waals surface area contributed by atoms with Gasteiger partial charge in [-0.05, 0) is 52.2 Å². The highest BCUT2D eigenvalue weighted by Gasteiger charge is 2.34. The average Bonchev–Trinajstić information content (AvgIpc) is 2.86. The third-order valence-electron chi connectivity index (χ3n) is 4.30. The van der Waals surface area contributed by atoms with Crippen LogP contribution < -0.4 is 5.32 Å². The predicted molar refractivity (Wildman–Crippen MR) is 73.5 cm³/mol. The highest BCUT2D eigenvalue weighted by Crippen LogP contribution is 2.21. The lowest BCUT2D eigenvalue weighted by molar-refractivity contribution is -0.137. The summed E-state index contributed by atoms with van der Waals surface area (Å²) in [5, 5.41) is 3.31. The maximum Gasteiger partial charge on any atom is 0.239 e. The molecule has 2 fully saturated rings. The van der Waals surface area contributed by atoms with Crippen LogP contribution >= 0.6 is 0 Å². The lowest BCUT2D eigenvalue weighted by Crippen LogP contribution is -2.52. The number of carbonyl (C=O) groups is 1. The molecule has 2 heterocycles. The van der Waals surface area contributed by atoms with E-state index in [0.29, 0.717) is 11.9 Å². The summed E-state index contributed by atoms with van der Waals surface area (Å²) in [6.07, 6.45) is 5.71. The molecule has 18 heavy (non-hydrogen) atoms. The summed E-state index contributed by atoms with van der Waals surface area (Å²) in [7, 11) is 2.00. The number of hydrogen-bond donors (Lipinski definition) is 1. The lowest BCUT2D eigenvalue weighted by Gasteiger charge is -2.36. The van der Waals surface area contributed by atoms with Gasteiger partial charge in [-0.1, -0.05) is 6.92 Å². The highest BCUT2D eigenvalue weighted by molar-refractivity contribution is 5.82. The molecule has 4 nitrogen and oxygen atoms in total. The molecule has 0 spiro atoms. The highest BCUT2D eigenvalue weighted by atomic mass is 16.2. The number of rotatable bonds is 4. The van der Waals surface area contributed by atoms with E-state index in [4.69, 9.17) is 0 Å². The summed E-state index contributed by atoms with van der Waals surface area (Å²) in [6.45, 7) is 6.21. The van der Waals surface area contributed by atoms with Crippen molar-refractivity contribution >= 4 is 5.91 Å². The monoisotopic (exact) mass is 253 g/mol. The van der Waals surface area contributed by atoms with Crippen LogP contribution in [0.3, 0.4) is 0 Å². The first-order valence-electron chi connectivity index (χ1n) is 7.46. The van der Waals surface area contributed by atoms with E-state index in [9.17, 15) is 4.79 Å². The summed E-state index contributed by atoms with van der Waals surface area (Å²) in [5.41, 5.74) is 0. The van der Waals surface area contributed by atoms with Crippen molar-refractivity contribution in [3.63, 3.8) is 0 Å². The number of likely N-dealkylation sites (N-methyl/N-ethyl adjacent to an activating group) is 1. The Kier molecular flexibility index (Phi) is 5.01. The normalized spacial score (nSPS) is 29.8. The number of likely N-dealkylation sites (tertiary alicyclic amines) is 2. The molecular formula is C14H27N3O. The maximum atomic E-state index is 12.6. The Labute approximate surface area is 111 Å². The summed E-state index contributed by atoms with van der Waals surface area (Å²) >= 11 is 0. The molecule has 1 N–H and O–H groups in total. The molecule has 2 aliphatic heterocycles. The van der Waals surface area contributed by atoms with Crippen LogP contribution in [0.4, 0.5) is 0 Å². The zero-order chi connectivity index (χ0) is 13.0. The second kappa shape index (κ2) is 6.53. The van der Waals surface area contributed by atoms with Gasteiger partial charge >= 0.3 is 0 Å². The van der Waals surface area contributed by atoms with Crippen molar-refractivity contribution in [1.29, 1.82) is 0 Å². The minimum atomic E-state index is 0.167. The Morgan fingerprint density at radius 1 is 1.28 bits per heavy atom. The van der Waals surface area contributed by atoms with Crippen molar-refractivity contribution in [3.8, 4) is 0 Å². The number of nitrogens with zero attached hydrogens (tertiary/aromatic N) is 2. The number of nitrogens with one attached hydrogen (secondary N) is 1. The van der Waals surface area contributed by atoms with Crippen molar-refractivity contribution in [2.24, 2.45) is 0 Å². The minimum absolute atomic E-state index is 0.167. The molecule has 4 heteroatoms. The van der Waals surface area contributed by atoms with E-state index in [0.717, 1.165) is 45.4 Å². The predicted octanol–water partition coefficient (Wildman–Crippen LogP) is 1.07. The van der Waals surface area contributed by atoms with Crippen LogP contribution in [0, 0.1) is 0 Å². The zero-order valence-corrected chi connectivity index (χ0v) is 11.8. The molecule has 2 aliphatic rings. The minimum Gasteiger partial charge on any atom is -0.340 e. The van der Waals surface area contributed by atoms with Gasteiger partial charge in [0.05, 0.1) is 6.04 Å². The van der Waals surface area contributed by atoms with Crippen LogP contribution in [-0.4, -0.2) is 61.0 Å². The molecule has 2 atom stereocenters. The van der Waals surface area contributed by atoms with Crippen LogP contribution in [-0.2, 0) is 4.79 Å². The molecule has 0 aromatic heterocycles. The fourth-order valence-corrected chi connectivity index (χ4v) is 3.28. The van der Waals surface area contributed by atoms with Gasteiger partial charge in [0.15, 0.2) is 0 Å². The van der Waals surface area contributed by atoms with Gasteiger partial charge < -0.3 is 10.2 Å². The number of hydrogen-bond acceptors (Lipinski definition) is 3. The first kappa shape index (κ1) is 13.8. The van der Waals surface area contributed by atoms with Crippen molar-refractivity contribution in [2.45, 2.75) is 51.1 Å². The van der Waals surface area contributed by atoms with Crippen LogP contribution in [0.5, 0.6) is 0 Å². The number of carbonyl (C=O) groups excluding carboxylic acids is 1. The Bertz CT molecular complexity index is 282. The Hall–Kier alpha value is -0.610. The molecular weight excluding hydrogens is 226 g/mol. The Balaban J connectivity index is 1.93. The van der Waals surface area contributed by atoms with Gasteiger partial charge in [-0.25, -0.2) is 0 Å². The Morgan fingerprint density at radius 3 is 2.78 bits per heavy atom. The van der Waals surface area contributed by atoms with Crippen LogP contribution in [0.15, 0.2) is 0 Å². The molecule has 1 amide bonds. The van der Waals surface area contributed by atoms with Gasteiger partial charge in [0.1, 0.15) is 0 Å². The van der Waals surface area contributed by atoms with E-state index in [-0.39, 0.29) is 6.04 Å². The van der Waals surface area contributed by atoms with Gasteiger partial charge in [0, 0.05) is 19.1 Å². The second-order valence-electron chi connectivity index (χ2n) is 5.61. The zero-order valence-electron chi connectivity index (χ0n) is 11.8. The van der Waals surface area contributed by atoms with Gasteiger partial charge in [-0.15, -0.1) is 0 Å². The molecule has 2 saturated heterocycles. The fourth-order valence-electron chi connectivity index (χ4n) is 3.28. The lowest BCUT2D eigenvalue weighted by atomic mass is 10.0. The second-order valence-corrected chi connectivity index (χ2v) is 5.61. The van der Waals surface area contributed by atoms with Crippen LogP contribution in [0.1, 0.15) is 39.0 Å². The first-order valence-corrected chi connectivity index (χ1v) is 7.46. The van der Waals surface area contributed by atoms with Gasteiger partial charge in [-0.2, -0.15) is 0 Å². The molecule has 0 bridgehead atoms. The van der Waals surface area contributed by atoms with Gasteiger partial charge in [-0.3, -0.25) is 9.69 Å². The Morgan fingerprint density at radius 2 is 2.06 bits per heavy atom. The number of piperidine rings is 1. The third kappa shape index (κ3) is 3.04. The van der Waals surface area contributed by atoms with Gasteiger partial charge in [0.25, 0.3) is 0 Å². The third-order valence-corrected chi connectivity index (χ3v) is 4.30. The summed E-state index contributed by atoms with van der Waals surface area (Å²) < 4.78 is 0. The molecule has 0 aliphatic carbocycles. The van der Waals surface area contributed by atoms with E-state index in [1.54, 1.807) is 0 Å². The molecule has 104 valence electrons. The first-order chi connectivity index (χ1) is 8.76. The summed E-state index contributed by atoms with van der Waals surface area (Å²) in [6, 6.07) is 0.657. The van der Waals surface area contributed by atoms with E-state index in [1.165, 1.54) is 12.8 Å². The molecule has 0 saturated carbocycles. The van der Waals surface area contributed by atoms with Gasteiger partial charge in [0.2, 0.25) is 5.91 Å². The summed E-state index contributed by atoms with van der Waals surface area (Å²) in [4.78, 5) is 17.1.